The van der Waals surface area contributed by atoms with Gasteiger partial charge in [-0.1, -0.05) is 26.8 Å². The minimum absolute atomic E-state index is 0.00352. The minimum Gasteiger partial charge on any atom is -0.478 e. The molecule has 0 aliphatic rings. The summed E-state index contributed by atoms with van der Waals surface area (Å²) in [5.74, 6) is -0.873. The average molecular weight is 231 g/mol. The molecule has 2 aromatic rings. The van der Waals surface area contributed by atoms with E-state index < -0.39 is 5.97 Å². The van der Waals surface area contributed by atoms with E-state index in [2.05, 4.69) is 25.3 Å². The summed E-state index contributed by atoms with van der Waals surface area (Å²) < 4.78 is 2.07. The first-order valence-corrected chi connectivity index (χ1v) is 5.64. The zero-order chi connectivity index (χ0) is 12.8. The Labute approximate surface area is 101 Å². The highest BCUT2D eigenvalue weighted by Gasteiger charge is 2.21. The molecule has 1 heterocycles. The van der Waals surface area contributed by atoms with Crippen LogP contribution in [0.15, 0.2) is 24.3 Å². The molecule has 90 valence electrons. The molecule has 0 saturated carbocycles. The first-order valence-electron chi connectivity index (χ1n) is 5.64. The second kappa shape index (κ2) is 3.62. The molecule has 1 N–H and O–H groups in total. The van der Waals surface area contributed by atoms with Crippen molar-refractivity contribution in [2.24, 2.45) is 7.05 Å². The van der Waals surface area contributed by atoms with Crippen molar-refractivity contribution >= 4 is 16.9 Å². The lowest BCUT2D eigenvalue weighted by Crippen LogP contribution is -2.15. The van der Waals surface area contributed by atoms with E-state index >= 15 is 0 Å². The molecule has 2 rings (SSSR count). The van der Waals surface area contributed by atoms with Crippen molar-refractivity contribution in [3.63, 3.8) is 0 Å². The molecule has 0 fully saturated rings. The van der Waals surface area contributed by atoms with Crippen molar-refractivity contribution in [1.82, 2.24) is 4.57 Å². The Bertz CT molecular complexity index is 588. The molecule has 0 atom stereocenters. The standard InChI is InChI=1S/C14H17NO2/c1-14(2,3)12-8-10-9(13(16)17)6-5-7-11(10)15(12)4/h5-8H,1-4H3,(H,16,17). The van der Waals surface area contributed by atoms with Crippen LogP contribution in [0.3, 0.4) is 0 Å². The second-order valence-corrected chi connectivity index (χ2v) is 5.38. The molecule has 0 aliphatic carbocycles. The van der Waals surface area contributed by atoms with Crippen LogP contribution in [0.4, 0.5) is 0 Å². The maximum Gasteiger partial charge on any atom is 0.336 e. The van der Waals surface area contributed by atoms with Crippen LogP contribution in [0.1, 0.15) is 36.8 Å². The van der Waals surface area contributed by atoms with Crippen LogP contribution >= 0.6 is 0 Å². The number of aryl methyl sites for hydroxylation is 1. The summed E-state index contributed by atoms with van der Waals surface area (Å²) in [6.45, 7) is 6.38. The molecule has 0 spiro atoms. The van der Waals surface area contributed by atoms with Gasteiger partial charge in [0.25, 0.3) is 0 Å². The summed E-state index contributed by atoms with van der Waals surface area (Å²) in [4.78, 5) is 11.2. The minimum atomic E-state index is -0.873. The maximum atomic E-state index is 11.2. The number of aromatic nitrogens is 1. The number of carboxylic acid groups (broad SMARTS) is 1. The maximum absolute atomic E-state index is 11.2. The summed E-state index contributed by atoms with van der Waals surface area (Å²) in [6, 6.07) is 7.38. The number of hydrogen-bond acceptors (Lipinski definition) is 1. The molecule has 0 bridgehead atoms. The lowest BCUT2D eigenvalue weighted by molar-refractivity contribution is 0.0699. The predicted molar refractivity (Wildman–Crippen MR) is 68.6 cm³/mol. The van der Waals surface area contributed by atoms with Gasteiger partial charge in [0.15, 0.2) is 0 Å². The Balaban J connectivity index is 2.82. The van der Waals surface area contributed by atoms with E-state index in [9.17, 15) is 9.90 Å². The summed E-state index contributed by atoms with van der Waals surface area (Å²) in [5, 5.41) is 9.99. The van der Waals surface area contributed by atoms with Crippen LogP contribution in [0.25, 0.3) is 10.9 Å². The van der Waals surface area contributed by atoms with E-state index in [0.717, 1.165) is 16.6 Å². The SMILES string of the molecule is Cn1c(C(C)(C)C)cc2c(C(=O)O)cccc21. The van der Waals surface area contributed by atoms with E-state index in [1.54, 1.807) is 12.1 Å². The molecule has 0 saturated heterocycles. The van der Waals surface area contributed by atoms with Gasteiger partial charge in [-0.05, 0) is 18.2 Å². The van der Waals surface area contributed by atoms with Gasteiger partial charge in [-0.15, -0.1) is 0 Å². The molecular weight excluding hydrogens is 214 g/mol. The normalized spacial score (nSPS) is 12.0. The second-order valence-electron chi connectivity index (χ2n) is 5.38. The summed E-state index contributed by atoms with van der Waals surface area (Å²) in [6.07, 6.45) is 0. The molecule has 17 heavy (non-hydrogen) atoms. The number of fused-ring (bicyclic) bond motifs is 1. The zero-order valence-corrected chi connectivity index (χ0v) is 10.6. The molecule has 3 nitrogen and oxygen atoms in total. The topological polar surface area (TPSA) is 42.2 Å². The van der Waals surface area contributed by atoms with Gasteiger partial charge < -0.3 is 9.67 Å². The van der Waals surface area contributed by atoms with Crippen LogP contribution in [0, 0.1) is 0 Å². The Morgan fingerprint density at radius 2 is 1.94 bits per heavy atom. The first-order chi connectivity index (χ1) is 7.82. The van der Waals surface area contributed by atoms with Crippen LogP contribution in [-0.4, -0.2) is 15.6 Å². The number of carbonyl (C=O) groups is 1. The van der Waals surface area contributed by atoms with Gasteiger partial charge in [-0.3, -0.25) is 0 Å². The van der Waals surface area contributed by atoms with Crippen LogP contribution in [0.2, 0.25) is 0 Å². The summed E-state index contributed by atoms with van der Waals surface area (Å²) >= 11 is 0. The van der Waals surface area contributed by atoms with E-state index in [4.69, 9.17) is 0 Å². The van der Waals surface area contributed by atoms with E-state index in [1.165, 1.54) is 0 Å². The Morgan fingerprint density at radius 3 is 2.47 bits per heavy atom. The van der Waals surface area contributed by atoms with Gasteiger partial charge in [0.2, 0.25) is 0 Å². The fourth-order valence-corrected chi connectivity index (χ4v) is 2.27. The molecule has 0 aliphatic heterocycles. The van der Waals surface area contributed by atoms with Crippen molar-refractivity contribution in [1.29, 1.82) is 0 Å². The van der Waals surface area contributed by atoms with Gasteiger partial charge >= 0.3 is 5.97 Å². The van der Waals surface area contributed by atoms with Crippen LogP contribution in [0.5, 0.6) is 0 Å². The Hall–Kier alpha value is -1.77. The summed E-state index contributed by atoms with van der Waals surface area (Å²) in [5.41, 5.74) is 2.48. The van der Waals surface area contributed by atoms with Gasteiger partial charge in [0.05, 0.1) is 5.56 Å². The van der Waals surface area contributed by atoms with Gasteiger partial charge in [-0.25, -0.2) is 4.79 Å². The van der Waals surface area contributed by atoms with Crippen LogP contribution in [-0.2, 0) is 12.5 Å². The third-order valence-corrected chi connectivity index (χ3v) is 3.09. The average Bonchev–Trinajstić information content (AvgIpc) is 2.55. The van der Waals surface area contributed by atoms with Crippen molar-refractivity contribution in [2.75, 3.05) is 0 Å². The monoisotopic (exact) mass is 231 g/mol. The highest BCUT2D eigenvalue weighted by molar-refractivity contribution is 6.03. The number of nitrogens with zero attached hydrogens (tertiary/aromatic N) is 1. The highest BCUT2D eigenvalue weighted by Crippen LogP contribution is 2.30. The number of benzene rings is 1. The first kappa shape index (κ1) is 11.7. The fourth-order valence-electron chi connectivity index (χ4n) is 2.27. The van der Waals surface area contributed by atoms with Gasteiger partial charge in [0, 0.05) is 29.1 Å². The fraction of sp³-hybridized carbons (Fsp3) is 0.357. The van der Waals surface area contributed by atoms with Crippen molar-refractivity contribution in [3.05, 3.63) is 35.5 Å². The van der Waals surface area contributed by atoms with E-state index in [0.29, 0.717) is 5.56 Å². The highest BCUT2D eigenvalue weighted by atomic mass is 16.4. The molecular formula is C14H17NO2. The van der Waals surface area contributed by atoms with Gasteiger partial charge in [0.1, 0.15) is 0 Å². The van der Waals surface area contributed by atoms with E-state index in [-0.39, 0.29) is 5.41 Å². The Kier molecular flexibility index (Phi) is 2.49. The van der Waals surface area contributed by atoms with Crippen LogP contribution < -0.4 is 0 Å². The predicted octanol–water partition coefficient (Wildman–Crippen LogP) is 3.17. The molecule has 0 amide bonds. The van der Waals surface area contributed by atoms with Crippen molar-refractivity contribution in [3.8, 4) is 0 Å². The third kappa shape index (κ3) is 1.82. The number of rotatable bonds is 1. The molecule has 0 radical (unpaired) electrons. The number of hydrogen-bond donors (Lipinski definition) is 1. The lowest BCUT2D eigenvalue weighted by Gasteiger charge is -2.19. The zero-order valence-electron chi connectivity index (χ0n) is 10.6. The number of aromatic carboxylic acids is 1. The van der Waals surface area contributed by atoms with Gasteiger partial charge in [-0.2, -0.15) is 0 Å². The largest absolute Gasteiger partial charge is 0.478 e. The molecule has 1 aromatic carbocycles. The molecule has 1 aromatic heterocycles. The smallest absolute Gasteiger partial charge is 0.336 e. The number of carboxylic acids is 1. The van der Waals surface area contributed by atoms with Crippen molar-refractivity contribution in [2.45, 2.75) is 26.2 Å². The Morgan fingerprint density at radius 1 is 1.29 bits per heavy atom. The third-order valence-electron chi connectivity index (χ3n) is 3.09. The quantitative estimate of drug-likeness (QED) is 0.819. The summed E-state index contributed by atoms with van der Waals surface area (Å²) in [7, 11) is 1.98. The van der Waals surface area contributed by atoms with Crippen molar-refractivity contribution < 1.29 is 9.90 Å². The molecule has 0 unspecified atom stereocenters. The molecule has 3 heteroatoms. The lowest BCUT2D eigenvalue weighted by atomic mass is 9.92. The van der Waals surface area contributed by atoms with E-state index in [1.807, 2.05) is 19.2 Å².